The number of carbonyl (C=O) groups excluding carboxylic acids is 1. The van der Waals surface area contributed by atoms with Crippen LogP contribution in [-0.4, -0.2) is 46.4 Å². The summed E-state index contributed by atoms with van der Waals surface area (Å²) < 4.78 is 0. The third-order valence-electron chi connectivity index (χ3n) is 4.93. The second kappa shape index (κ2) is 6.78. The number of hydrogen-bond acceptors (Lipinski definition) is 3. The second-order valence-corrected chi connectivity index (χ2v) is 7.19. The predicted molar refractivity (Wildman–Crippen MR) is 87.2 cm³/mol. The highest BCUT2D eigenvalue weighted by Crippen LogP contribution is 2.32. The number of pyridine rings is 1. The first-order valence-corrected chi connectivity index (χ1v) is 8.54. The molecule has 1 amide bonds. The zero-order valence-electron chi connectivity index (χ0n) is 13.7. The molecule has 120 valence electrons. The van der Waals surface area contributed by atoms with Gasteiger partial charge in [-0.05, 0) is 36.3 Å². The van der Waals surface area contributed by atoms with E-state index < -0.39 is 0 Å². The molecule has 0 aromatic carbocycles. The number of likely N-dealkylation sites (tertiary alicyclic amines) is 2. The van der Waals surface area contributed by atoms with Crippen molar-refractivity contribution in [2.24, 2.45) is 11.8 Å². The maximum Gasteiger partial charge on any atom is 0.223 e. The Hall–Kier alpha value is -1.42. The molecule has 0 N–H and O–H groups in total. The molecule has 1 aromatic heterocycles. The van der Waals surface area contributed by atoms with E-state index in [0.717, 1.165) is 38.0 Å². The Morgan fingerprint density at radius 1 is 1.36 bits per heavy atom. The van der Waals surface area contributed by atoms with E-state index in [2.05, 4.69) is 34.7 Å². The maximum atomic E-state index is 12.4. The lowest BCUT2D eigenvalue weighted by Gasteiger charge is -2.47. The van der Waals surface area contributed by atoms with Crippen LogP contribution < -0.4 is 0 Å². The summed E-state index contributed by atoms with van der Waals surface area (Å²) >= 11 is 0. The maximum absolute atomic E-state index is 12.4. The summed E-state index contributed by atoms with van der Waals surface area (Å²) in [7, 11) is 0. The van der Waals surface area contributed by atoms with Crippen LogP contribution in [0, 0.1) is 11.8 Å². The number of amides is 1. The van der Waals surface area contributed by atoms with Gasteiger partial charge in [-0.2, -0.15) is 0 Å². The standard InChI is InChI=1S/C18H27N3O/c1-14(2)11-20-9-7-17-16(13-20)5-6-18(22)21(17)12-15-4-3-8-19-10-15/h3-4,8,10,14,16-17H,5-7,9,11-13H2,1-2H3/t16-,17+/m1/s1. The number of piperidine rings is 2. The van der Waals surface area contributed by atoms with E-state index in [1.54, 1.807) is 6.20 Å². The predicted octanol–water partition coefficient (Wildman–Crippen LogP) is 2.55. The number of fused-ring (bicyclic) bond motifs is 1. The van der Waals surface area contributed by atoms with Crippen molar-refractivity contribution in [2.45, 2.75) is 45.7 Å². The Morgan fingerprint density at radius 2 is 2.23 bits per heavy atom. The van der Waals surface area contributed by atoms with Gasteiger partial charge in [-0.3, -0.25) is 9.78 Å². The average molecular weight is 301 g/mol. The van der Waals surface area contributed by atoms with Gasteiger partial charge in [0.25, 0.3) is 0 Å². The van der Waals surface area contributed by atoms with E-state index in [-0.39, 0.29) is 0 Å². The SMILES string of the molecule is CC(C)CN1CC[C@H]2[C@H](CCC(=O)N2Cc2cccnc2)C1. The lowest BCUT2D eigenvalue weighted by Crippen LogP contribution is -2.55. The van der Waals surface area contributed by atoms with Gasteiger partial charge in [-0.1, -0.05) is 19.9 Å². The molecule has 22 heavy (non-hydrogen) atoms. The van der Waals surface area contributed by atoms with Gasteiger partial charge >= 0.3 is 0 Å². The monoisotopic (exact) mass is 301 g/mol. The van der Waals surface area contributed by atoms with Gasteiger partial charge in [0.15, 0.2) is 0 Å². The van der Waals surface area contributed by atoms with Crippen molar-refractivity contribution < 1.29 is 4.79 Å². The number of carbonyl (C=O) groups is 1. The van der Waals surface area contributed by atoms with E-state index in [0.29, 0.717) is 30.2 Å². The first-order valence-electron chi connectivity index (χ1n) is 8.54. The van der Waals surface area contributed by atoms with Crippen molar-refractivity contribution >= 4 is 5.91 Å². The van der Waals surface area contributed by atoms with Gasteiger partial charge in [0.1, 0.15) is 0 Å². The van der Waals surface area contributed by atoms with E-state index in [1.807, 2.05) is 12.3 Å². The minimum absolute atomic E-state index is 0.322. The van der Waals surface area contributed by atoms with Crippen LogP contribution in [-0.2, 0) is 11.3 Å². The highest BCUT2D eigenvalue weighted by Gasteiger charge is 2.39. The molecule has 0 unspecified atom stereocenters. The van der Waals surface area contributed by atoms with Gasteiger partial charge in [0.05, 0.1) is 0 Å². The molecule has 4 heteroatoms. The Balaban J connectivity index is 1.68. The summed E-state index contributed by atoms with van der Waals surface area (Å²) in [6.07, 6.45) is 6.54. The second-order valence-electron chi connectivity index (χ2n) is 7.19. The van der Waals surface area contributed by atoms with Gasteiger partial charge in [0.2, 0.25) is 5.91 Å². The Bertz CT molecular complexity index is 502. The molecule has 0 bridgehead atoms. The summed E-state index contributed by atoms with van der Waals surface area (Å²) in [6, 6.07) is 4.44. The van der Waals surface area contributed by atoms with Crippen molar-refractivity contribution in [1.29, 1.82) is 0 Å². The van der Waals surface area contributed by atoms with Crippen LogP contribution in [0.1, 0.15) is 38.7 Å². The molecule has 3 heterocycles. The van der Waals surface area contributed by atoms with Crippen molar-refractivity contribution in [3.63, 3.8) is 0 Å². The molecule has 0 saturated carbocycles. The summed E-state index contributed by atoms with van der Waals surface area (Å²) in [5.74, 6) is 1.68. The molecule has 0 spiro atoms. The highest BCUT2D eigenvalue weighted by atomic mass is 16.2. The number of hydrogen-bond donors (Lipinski definition) is 0. The van der Waals surface area contributed by atoms with Gasteiger partial charge in [-0.15, -0.1) is 0 Å². The largest absolute Gasteiger partial charge is 0.335 e. The summed E-state index contributed by atoms with van der Waals surface area (Å²) in [5, 5.41) is 0. The third kappa shape index (κ3) is 3.49. The molecule has 4 nitrogen and oxygen atoms in total. The molecule has 0 radical (unpaired) electrons. The van der Waals surface area contributed by atoms with Gasteiger partial charge in [0, 0.05) is 51.0 Å². The Labute approximate surface area is 133 Å². The van der Waals surface area contributed by atoms with Crippen LogP contribution in [0.5, 0.6) is 0 Å². The van der Waals surface area contributed by atoms with Crippen molar-refractivity contribution in [2.75, 3.05) is 19.6 Å². The quantitative estimate of drug-likeness (QED) is 0.857. The molecule has 2 fully saturated rings. The van der Waals surface area contributed by atoms with Crippen molar-refractivity contribution in [1.82, 2.24) is 14.8 Å². The summed E-state index contributed by atoms with van der Waals surface area (Å²) in [4.78, 5) is 21.3. The van der Waals surface area contributed by atoms with Crippen LogP contribution in [0.25, 0.3) is 0 Å². The number of aromatic nitrogens is 1. The van der Waals surface area contributed by atoms with E-state index in [4.69, 9.17) is 0 Å². The molecule has 2 aliphatic heterocycles. The molecule has 2 saturated heterocycles. The first-order chi connectivity index (χ1) is 10.6. The lowest BCUT2D eigenvalue weighted by atomic mass is 9.83. The fourth-order valence-electron chi connectivity index (χ4n) is 4.00. The molecule has 2 atom stereocenters. The Morgan fingerprint density at radius 3 is 2.95 bits per heavy atom. The Kier molecular flexibility index (Phi) is 4.77. The minimum Gasteiger partial charge on any atom is -0.335 e. The van der Waals surface area contributed by atoms with Crippen LogP contribution in [0.2, 0.25) is 0 Å². The first kappa shape index (κ1) is 15.5. The van der Waals surface area contributed by atoms with Crippen molar-refractivity contribution in [3.05, 3.63) is 30.1 Å². The summed E-state index contributed by atoms with van der Waals surface area (Å²) in [5.41, 5.74) is 1.14. The number of rotatable bonds is 4. The van der Waals surface area contributed by atoms with Crippen LogP contribution >= 0.6 is 0 Å². The van der Waals surface area contributed by atoms with Crippen LogP contribution in [0.15, 0.2) is 24.5 Å². The topological polar surface area (TPSA) is 36.4 Å². The smallest absolute Gasteiger partial charge is 0.223 e. The fraction of sp³-hybridized carbons (Fsp3) is 0.667. The molecule has 1 aromatic rings. The van der Waals surface area contributed by atoms with E-state index in [9.17, 15) is 4.79 Å². The van der Waals surface area contributed by atoms with Crippen LogP contribution in [0.4, 0.5) is 0 Å². The third-order valence-corrected chi connectivity index (χ3v) is 4.93. The zero-order chi connectivity index (χ0) is 15.5. The molecule has 0 aliphatic carbocycles. The molecular weight excluding hydrogens is 274 g/mol. The molecular formula is C18H27N3O. The normalized spacial score (nSPS) is 26.3. The molecule has 3 rings (SSSR count). The van der Waals surface area contributed by atoms with Gasteiger partial charge in [-0.25, -0.2) is 0 Å². The lowest BCUT2D eigenvalue weighted by molar-refractivity contribution is -0.142. The number of nitrogens with zero attached hydrogens (tertiary/aromatic N) is 3. The van der Waals surface area contributed by atoms with Crippen molar-refractivity contribution in [3.8, 4) is 0 Å². The molecule has 2 aliphatic rings. The highest BCUT2D eigenvalue weighted by molar-refractivity contribution is 5.77. The van der Waals surface area contributed by atoms with E-state index in [1.165, 1.54) is 6.54 Å². The van der Waals surface area contributed by atoms with Crippen LogP contribution in [0.3, 0.4) is 0 Å². The zero-order valence-corrected chi connectivity index (χ0v) is 13.7. The summed E-state index contributed by atoms with van der Waals surface area (Å²) in [6.45, 7) is 8.74. The minimum atomic E-state index is 0.322. The van der Waals surface area contributed by atoms with Gasteiger partial charge < -0.3 is 9.80 Å². The fourth-order valence-corrected chi connectivity index (χ4v) is 4.00. The van der Waals surface area contributed by atoms with E-state index >= 15 is 0 Å². The average Bonchev–Trinajstić information content (AvgIpc) is 2.50.